The zero-order valence-corrected chi connectivity index (χ0v) is 12.4. The number of hydrogen-bond acceptors (Lipinski definition) is 3. The van der Waals surface area contributed by atoms with Crippen LogP contribution in [0.3, 0.4) is 0 Å². The summed E-state index contributed by atoms with van der Waals surface area (Å²) in [4.78, 5) is 13.9. The van der Waals surface area contributed by atoms with Crippen LogP contribution in [-0.4, -0.2) is 22.2 Å². The fourth-order valence-corrected chi connectivity index (χ4v) is 2.85. The van der Waals surface area contributed by atoms with Crippen LogP contribution < -0.4 is 10.2 Å². The number of rotatable bonds is 4. The van der Waals surface area contributed by atoms with Crippen LogP contribution in [0.15, 0.2) is 36.5 Å². The van der Waals surface area contributed by atoms with Crippen LogP contribution in [-0.2, 0) is 11.8 Å². The second-order valence-electron chi connectivity index (χ2n) is 5.41. The highest BCUT2D eigenvalue weighted by molar-refractivity contribution is 5.98. The summed E-state index contributed by atoms with van der Waals surface area (Å²) in [5, 5.41) is 7.70. The zero-order valence-electron chi connectivity index (χ0n) is 12.4. The molecule has 5 nitrogen and oxygen atoms in total. The first-order valence-corrected chi connectivity index (χ1v) is 7.30. The van der Waals surface area contributed by atoms with Crippen molar-refractivity contribution in [3.8, 4) is 0 Å². The van der Waals surface area contributed by atoms with Crippen molar-refractivity contribution in [2.45, 2.75) is 25.8 Å². The summed E-state index contributed by atoms with van der Waals surface area (Å²) in [5.41, 5.74) is 3.06. The van der Waals surface area contributed by atoms with Gasteiger partial charge in [0.2, 0.25) is 5.91 Å². The molecule has 3 rings (SSSR count). The molecule has 0 saturated carbocycles. The fourth-order valence-electron chi connectivity index (χ4n) is 2.85. The Labute approximate surface area is 124 Å². The molecule has 1 atom stereocenters. The van der Waals surface area contributed by atoms with Crippen molar-refractivity contribution in [2.75, 3.05) is 16.8 Å². The third-order valence-electron chi connectivity index (χ3n) is 3.94. The molecule has 1 aliphatic heterocycles. The van der Waals surface area contributed by atoms with Crippen molar-refractivity contribution < 1.29 is 4.79 Å². The van der Waals surface area contributed by atoms with Gasteiger partial charge in [0.05, 0.1) is 23.1 Å². The van der Waals surface area contributed by atoms with Crippen LogP contribution in [0.25, 0.3) is 0 Å². The molecule has 21 heavy (non-hydrogen) atoms. The maximum atomic E-state index is 12.0. The molecule has 1 aliphatic rings. The van der Waals surface area contributed by atoms with E-state index in [1.165, 1.54) is 0 Å². The maximum Gasteiger partial charge on any atom is 0.227 e. The van der Waals surface area contributed by atoms with Crippen molar-refractivity contribution in [1.82, 2.24) is 9.78 Å². The van der Waals surface area contributed by atoms with Gasteiger partial charge in [0, 0.05) is 26.2 Å². The lowest BCUT2D eigenvalue weighted by Gasteiger charge is -2.23. The quantitative estimate of drug-likeness (QED) is 0.939. The van der Waals surface area contributed by atoms with Crippen LogP contribution in [0.1, 0.15) is 31.5 Å². The first-order valence-electron chi connectivity index (χ1n) is 7.30. The van der Waals surface area contributed by atoms with E-state index in [1.807, 2.05) is 47.0 Å². The number of benzene rings is 1. The number of carbonyl (C=O) groups is 1. The molecular formula is C16H20N4O. The first kappa shape index (κ1) is 13.7. The lowest BCUT2D eigenvalue weighted by Crippen LogP contribution is -2.25. The molecule has 2 heterocycles. The normalized spacial score (nSPS) is 16.3. The molecule has 0 bridgehead atoms. The minimum atomic E-state index is 0.122. The van der Waals surface area contributed by atoms with Crippen LogP contribution in [0.4, 0.5) is 11.4 Å². The van der Waals surface area contributed by atoms with Gasteiger partial charge in [0.1, 0.15) is 0 Å². The molecule has 0 radical (unpaired) electrons. The van der Waals surface area contributed by atoms with E-state index >= 15 is 0 Å². The Balaban J connectivity index is 1.86. The number of aryl methyl sites for hydroxylation is 1. The number of amides is 1. The van der Waals surface area contributed by atoms with Crippen molar-refractivity contribution in [1.29, 1.82) is 0 Å². The Hall–Kier alpha value is -2.30. The number of hydrogen-bond donors (Lipinski definition) is 1. The van der Waals surface area contributed by atoms with Gasteiger partial charge in [-0.05, 0) is 31.5 Å². The first-order chi connectivity index (χ1) is 10.2. The predicted octanol–water partition coefficient (Wildman–Crippen LogP) is 2.72. The van der Waals surface area contributed by atoms with E-state index in [0.29, 0.717) is 6.42 Å². The molecule has 1 aromatic heterocycles. The summed E-state index contributed by atoms with van der Waals surface area (Å²) in [5.74, 6) is 0.206. The van der Waals surface area contributed by atoms with Gasteiger partial charge in [0.25, 0.3) is 0 Å². The SMILES string of the molecule is CC(Nc1ccccc1N1CCCC1=O)c1ccnn1C. The number of aromatic nitrogens is 2. The number of para-hydroxylation sites is 2. The lowest BCUT2D eigenvalue weighted by molar-refractivity contribution is -0.117. The fraction of sp³-hybridized carbons (Fsp3) is 0.375. The van der Waals surface area contributed by atoms with Gasteiger partial charge in [-0.3, -0.25) is 9.48 Å². The van der Waals surface area contributed by atoms with Crippen LogP contribution in [0.2, 0.25) is 0 Å². The lowest BCUT2D eigenvalue weighted by atomic mass is 10.2. The highest BCUT2D eigenvalue weighted by Crippen LogP contribution is 2.31. The second kappa shape index (κ2) is 5.60. The summed E-state index contributed by atoms with van der Waals surface area (Å²) in [6.07, 6.45) is 3.37. The van der Waals surface area contributed by atoms with Crippen LogP contribution >= 0.6 is 0 Å². The summed E-state index contributed by atoms with van der Waals surface area (Å²) >= 11 is 0. The van der Waals surface area contributed by atoms with E-state index < -0.39 is 0 Å². The van der Waals surface area contributed by atoms with Crippen LogP contribution in [0.5, 0.6) is 0 Å². The molecule has 0 aliphatic carbocycles. The molecule has 0 spiro atoms. The van der Waals surface area contributed by atoms with Gasteiger partial charge < -0.3 is 10.2 Å². The highest BCUT2D eigenvalue weighted by Gasteiger charge is 2.24. The van der Waals surface area contributed by atoms with E-state index in [0.717, 1.165) is 30.0 Å². The van der Waals surface area contributed by atoms with Gasteiger partial charge in [-0.2, -0.15) is 5.10 Å². The average molecular weight is 284 g/mol. The predicted molar refractivity (Wildman–Crippen MR) is 83.3 cm³/mol. The largest absolute Gasteiger partial charge is 0.375 e. The number of carbonyl (C=O) groups excluding carboxylic acids is 1. The van der Waals surface area contributed by atoms with E-state index in [9.17, 15) is 4.79 Å². The Morgan fingerprint density at radius 3 is 2.76 bits per heavy atom. The summed E-state index contributed by atoms with van der Waals surface area (Å²) in [6, 6.07) is 10.1. The molecule has 110 valence electrons. The highest BCUT2D eigenvalue weighted by atomic mass is 16.2. The smallest absolute Gasteiger partial charge is 0.227 e. The van der Waals surface area contributed by atoms with Gasteiger partial charge >= 0.3 is 0 Å². The third-order valence-corrected chi connectivity index (χ3v) is 3.94. The molecule has 1 unspecified atom stereocenters. The molecule has 1 N–H and O–H groups in total. The monoisotopic (exact) mass is 284 g/mol. The number of nitrogens with one attached hydrogen (secondary N) is 1. The summed E-state index contributed by atoms with van der Waals surface area (Å²) in [7, 11) is 1.93. The standard InChI is InChI=1S/C16H20N4O/c1-12(14-9-10-17-19(14)2)18-13-6-3-4-7-15(13)20-11-5-8-16(20)21/h3-4,6-7,9-10,12,18H,5,8,11H2,1-2H3. The Morgan fingerprint density at radius 1 is 1.29 bits per heavy atom. The average Bonchev–Trinajstić information content (AvgIpc) is 3.08. The summed E-state index contributed by atoms with van der Waals surface area (Å²) in [6.45, 7) is 2.90. The van der Waals surface area contributed by atoms with Crippen molar-refractivity contribution in [3.05, 3.63) is 42.2 Å². The molecule has 1 fully saturated rings. The Kier molecular flexibility index (Phi) is 3.64. The summed E-state index contributed by atoms with van der Waals surface area (Å²) < 4.78 is 1.86. The third kappa shape index (κ3) is 2.63. The van der Waals surface area contributed by atoms with Gasteiger partial charge in [0.15, 0.2) is 0 Å². The van der Waals surface area contributed by atoms with E-state index in [4.69, 9.17) is 0 Å². The van der Waals surface area contributed by atoms with Crippen molar-refractivity contribution in [3.63, 3.8) is 0 Å². The molecule has 2 aromatic rings. The Morgan fingerprint density at radius 2 is 2.10 bits per heavy atom. The Bertz CT molecular complexity index is 649. The van der Waals surface area contributed by atoms with Crippen LogP contribution in [0, 0.1) is 0 Å². The van der Waals surface area contributed by atoms with E-state index in [2.05, 4.69) is 17.3 Å². The number of nitrogens with zero attached hydrogens (tertiary/aromatic N) is 3. The van der Waals surface area contributed by atoms with Crippen molar-refractivity contribution in [2.24, 2.45) is 7.05 Å². The molecule has 1 amide bonds. The minimum Gasteiger partial charge on any atom is -0.375 e. The zero-order chi connectivity index (χ0) is 14.8. The van der Waals surface area contributed by atoms with Gasteiger partial charge in [-0.25, -0.2) is 0 Å². The van der Waals surface area contributed by atoms with Crippen molar-refractivity contribution >= 4 is 17.3 Å². The maximum absolute atomic E-state index is 12.0. The van der Waals surface area contributed by atoms with E-state index in [1.54, 1.807) is 6.20 Å². The minimum absolute atomic E-state index is 0.122. The number of anilines is 2. The van der Waals surface area contributed by atoms with Gasteiger partial charge in [-0.15, -0.1) is 0 Å². The topological polar surface area (TPSA) is 50.2 Å². The molecule has 5 heteroatoms. The van der Waals surface area contributed by atoms with E-state index in [-0.39, 0.29) is 11.9 Å². The molecular weight excluding hydrogens is 264 g/mol. The van der Waals surface area contributed by atoms with Gasteiger partial charge in [-0.1, -0.05) is 12.1 Å². The second-order valence-corrected chi connectivity index (χ2v) is 5.41. The molecule has 1 saturated heterocycles. The molecule has 1 aromatic carbocycles.